The van der Waals surface area contributed by atoms with E-state index in [-0.39, 0.29) is 13.0 Å². The van der Waals surface area contributed by atoms with Crippen molar-refractivity contribution in [2.75, 3.05) is 19.5 Å². The fourth-order valence-electron chi connectivity index (χ4n) is 1.70. The number of esters is 1. The number of amides is 1. The number of likely N-dealkylation sites (tertiary alicyclic amines) is 1. The van der Waals surface area contributed by atoms with Crippen LogP contribution in [0.5, 0.6) is 0 Å². The third-order valence-corrected chi connectivity index (χ3v) is 2.38. The van der Waals surface area contributed by atoms with Gasteiger partial charge in [-0.05, 0) is 26.6 Å². The van der Waals surface area contributed by atoms with E-state index in [1.54, 1.807) is 20.8 Å². The third-order valence-electron chi connectivity index (χ3n) is 2.38. The van der Waals surface area contributed by atoms with Crippen molar-refractivity contribution in [2.24, 2.45) is 0 Å². The molecule has 2 atom stereocenters. The Morgan fingerprint density at radius 3 is 2.26 bits per heavy atom. The normalized spacial score (nSPS) is 22.4. The second-order valence-corrected chi connectivity index (χ2v) is 5.06. The molecule has 6 nitrogen and oxygen atoms in total. The quantitative estimate of drug-likeness (QED) is 0.579. The second kappa shape index (κ2) is 7.69. The Kier molecular flexibility index (Phi) is 7.36. The van der Waals surface area contributed by atoms with Gasteiger partial charge in [0.2, 0.25) is 0 Å². The molecule has 0 bridgehead atoms. The molecular weight excluding hydrogens is 318 g/mol. The highest BCUT2D eigenvalue weighted by Crippen LogP contribution is 2.22. The fourth-order valence-corrected chi connectivity index (χ4v) is 1.70. The van der Waals surface area contributed by atoms with E-state index in [1.807, 2.05) is 5.83 Å². The zero-order valence-electron chi connectivity index (χ0n) is 12.0. The minimum absolute atomic E-state index is 0.0919. The third kappa shape index (κ3) is 5.78. The van der Waals surface area contributed by atoms with E-state index in [0.717, 1.165) is 0 Å². The molecule has 7 heteroatoms. The zero-order valence-corrected chi connectivity index (χ0v) is 13.6. The van der Waals surface area contributed by atoms with Crippen molar-refractivity contribution >= 4 is 28.0 Å². The first-order valence-electron chi connectivity index (χ1n) is 5.88. The summed E-state index contributed by atoms with van der Waals surface area (Å²) >= 11 is 2.94. The lowest BCUT2D eigenvalue weighted by atomic mass is 10.2. The predicted octanol–water partition coefficient (Wildman–Crippen LogP) is 1.54. The maximum atomic E-state index is 11.8. The lowest BCUT2D eigenvalue weighted by Crippen LogP contribution is -2.43. The minimum atomic E-state index is -0.759. The number of carbonyl (C=O) groups excluding carboxylic acids is 2. The van der Waals surface area contributed by atoms with Crippen molar-refractivity contribution in [3.8, 4) is 0 Å². The van der Waals surface area contributed by atoms with Crippen LogP contribution in [0.15, 0.2) is 0 Å². The van der Waals surface area contributed by atoms with E-state index in [0.29, 0.717) is 0 Å². The van der Waals surface area contributed by atoms with E-state index >= 15 is 0 Å². The summed E-state index contributed by atoms with van der Waals surface area (Å²) in [6.07, 6.45) is -1.14. The number of aliphatic hydroxyl groups excluding tert-OH is 1. The molecule has 0 aromatic carbocycles. The van der Waals surface area contributed by atoms with Crippen molar-refractivity contribution in [1.29, 1.82) is 0 Å². The van der Waals surface area contributed by atoms with Gasteiger partial charge >= 0.3 is 12.1 Å². The molecule has 1 aliphatic rings. The van der Waals surface area contributed by atoms with E-state index < -0.39 is 29.8 Å². The molecule has 1 unspecified atom stereocenters. The number of alkyl halides is 1. The summed E-state index contributed by atoms with van der Waals surface area (Å²) in [6.45, 7) is 5.31. The summed E-state index contributed by atoms with van der Waals surface area (Å²) in [4.78, 5) is 24.5. The van der Waals surface area contributed by atoms with Crippen LogP contribution in [0.4, 0.5) is 4.79 Å². The molecular formula is C12H22BrNO5. The van der Waals surface area contributed by atoms with E-state index in [2.05, 4.69) is 20.7 Å². The zero-order chi connectivity index (χ0) is 15.2. The lowest BCUT2D eigenvalue weighted by molar-refractivity contribution is -0.145. The molecule has 1 aliphatic heterocycles. The minimum Gasteiger partial charge on any atom is -0.467 e. The largest absolute Gasteiger partial charge is 0.467 e. The number of nitrogens with zero attached hydrogens (tertiary/aromatic N) is 1. The summed E-state index contributed by atoms with van der Waals surface area (Å²) in [5, 5.41) is 9.50. The highest BCUT2D eigenvalue weighted by molar-refractivity contribution is 9.08. The Bertz CT molecular complexity index is 316. The van der Waals surface area contributed by atoms with Gasteiger partial charge in [0, 0.05) is 6.42 Å². The number of halogens is 1. The summed E-state index contributed by atoms with van der Waals surface area (Å²) < 4.78 is 9.76. The van der Waals surface area contributed by atoms with Crippen LogP contribution < -0.4 is 0 Å². The number of rotatable bonds is 1. The van der Waals surface area contributed by atoms with Crippen LogP contribution in [-0.2, 0) is 14.3 Å². The molecule has 0 saturated carbocycles. The van der Waals surface area contributed by atoms with Crippen molar-refractivity contribution in [2.45, 2.75) is 44.9 Å². The van der Waals surface area contributed by atoms with Crippen LogP contribution in [0.3, 0.4) is 0 Å². The van der Waals surface area contributed by atoms with Crippen LogP contribution in [0.2, 0.25) is 0 Å². The van der Waals surface area contributed by atoms with Crippen molar-refractivity contribution in [3.63, 3.8) is 0 Å². The highest BCUT2D eigenvalue weighted by atomic mass is 79.9. The Morgan fingerprint density at radius 1 is 1.32 bits per heavy atom. The molecule has 1 rings (SSSR count). The summed E-state index contributed by atoms with van der Waals surface area (Å²) in [5.74, 6) is 1.28. The molecule has 19 heavy (non-hydrogen) atoms. The molecule has 1 N–H and O–H groups in total. The van der Waals surface area contributed by atoms with Crippen LogP contribution >= 0.6 is 15.9 Å². The molecule has 0 aliphatic carbocycles. The molecule has 0 radical (unpaired) electrons. The first-order valence-corrected chi connectivity index (χ1v) is 7.46. The van der Waals surface area contributed by atoms with Crippen LogP contribution in [0, 0.1) is 0 Å². The van der Waals surface area contributed by atoms with E-state index in [4.69, 9.17) is 4.74 Å². The number of carbonyl (C=O) groups is 2. The molecule has 0 aromatic rings. The summed E-state index contributed by atoms with van der Waals surface area (Å²) in [7, 11) is 1.25. The molecule has 1 fully saturated rings. The van der Waals surface area contributed by atoms with Crippen molar-refractivity contribution in [3.05, 3.63) is 0 Å². The van der Waals surface area contributed by atoms with Gasteiger partial charge in [0.15, 0.2) is 0 Å². The molecule has 0 aromatic heterocycles. The van der Waals surface area contributed by atoms with Crippen molar-refractivity contribution in [1.82, 2.24) is 4.90 Å². The number of β-amino-alcohol motifs (C(OH)–C–C–N with tert-alkyl or cyclic N) is 1. The highest BCUT2D eigenvalue weighted by Gasteiger charge is 2.41. The molecule has 1 heterocycles. The van der Waals surface area contributed by atoms with Gasteiger partial charge in [-0.15, -0.1) is 0 Å². The Hall–Kier alpha value is -0.820. The van der Waals surface area contributed by atoms with Gasteiger partial charge in [0.1, 0.15) is 11.6 Å². The van der Waals surface area contributed by atoms with E-state index in [9.17, 15) is 14.7 Å². The van der Waals surface area contributed by atoms with E-state index in [1.165, 1.54) is 12.0 Å². The van der Waals surface area contributed by atoms with Gasteiger partial charge in [-0.2, -0.15) is 0 Å². The summed E-state index contributed by atoms with van der Waals surface area (Å²) in [5.41, 5.74) is -0.634. The van der Waals surface area contributed by atoms with Crippen LogP contribution in [-0.4, -0.2) is 59.3 Å². The fraction of sp³-hybridized carbons (Fsp3) is 0.833. The number of hydrogen-bond acceptors (Lipinski definition) is 5. The number of methoxy groups -OCH3 is 1. The smallest absolute Gasteiger partial charge is 0.411 e. The molecule has 112 valence electrons. The Balaban J connectivity index is 0.00000154. The Labute approximate surface area is 122 Å². The first kappa shape index (κ1) is 18.2. The molecule has 1 amide bonds. The average molecular weight is 340 g/mol. The van der Waals surface area contributed by atoms with Gasteiger partial charge < -0.3 is 14.6 Å². The SMILES string of the molecule is CBr.COC(=O)C1C[C@H](O)CN1C(=O)OC(C)(C)C. The second-order valence-electron chi connectivity index (χ2n) is 5.06. The lowest BCUT2D eigenvalue weighted by Gasteiger charge is -2.27. The molecule has 1 saturated heterocycles. The predicted molar refractivity (Wildman–Crippen MR) is 74.2 cm³/mol. The monoisotopic (exact) mass is 339 g/mol. The summed E-state index contributed by atoms with van der Waals surface area (Å²) in [6, 6.07) is -0.759. The van der Waals surface area contributed by atoms with Crippen LogP contribution in [0.1, 0.15) is 27.2 Å². The van der Waals surface area contributed by atoms with Gasteiger partial charge in [-0.1, -0.05) is 15.9 Å². The average Bonchev–Trinajstić information content (AvgIpc) is 2.71. The van der Waals surface area contributed by atoms with Gasteiger partial charge in [0.25, 0.3) is 0 Å². The first-order chi connectivity index (χ1) is 8.74. The maximum absolute atomic E-state index is 11.8. The van der Waals surface area contributed by atoms with Gasteiger partial charge in [0.05, 0.1) is 19.8 Å². The maximum Gasteiger partial charge on any atom is 0.411 e. The Morgan fingerprint density at radius 2 is 1.84 bits per heavy atom. The van der Waals surface area contributed by atoms with Gasteiger partial charge in [-0.3, -0.25) is 4.90 Å². The number of aliphatic hydroxyl groups is 1. The van der Waals surface area contributed by atoms with Crippen molar-refractivity contribution < 1.29 is 24.2 Å². The topological polar surface area (TPSA) is 76.1 Å². The van der Waals surface area contributed by atoms with Gasteiger partial charge in [-0.25, -0.2) is 9.59 Å². The number of hydrogen-bond donors (Lipinski definition) is 1. The standard InChI is InChI=1S/C11H19NO5.CH3Br/c1-11(2,3)17-10(15)12-6-7(13)5-8(12)9(14)16-4;1-2/h7-8,13H,5-6H2,1-4H3;1H3/t7-,8?;/m0./s1. The number of ether oxygens (including phenoxy) is 2. The van der Waals surface area contributed by atoms with Crippen LogP contribution in [0.25, 0.3) is 0 Å². The molecule has 0 spiro atoms.